The van der Waals surface area contributed by atoms with Gasteiger partial charge in [0.2, 0.25) is 0 Å². The monoisotopic (exact) mass is 413 g/mol. The Hall–Kier alpha value is -2.05. The Morgan fingerprint density at radius 3 is 2.52 bits per heavy atom. The lowest BCUT2D eigenvalue weighted by Gasteiger charge is -2.18. The van der Waals surface area contributed by atoms with Crippen molar-refractivity contribution < 1.29 is 8.42 Å². The molecule has 0 bridgehead atoms. The Bertz CT molecular complexity index is 921. The number of sulfonamides is 1. The fraction of sp³-hybridized carbons (Fsp3) is 0.478. The number of likely N-dealkylation sites (tertiary alicyclic amines) is 1. The molecule has 2 aliphatic rings. The fourth-order valence-corrected chi connectivity index (χ4v) is 5.58. The molecule has 2 saturated heterocycles. The zero-order valence-electron chi connectivity index (χ0n) is 17.2. The lowest BCUT2D eigenvalue weighted by atomic mass is 9.98. The Kier molecular flexibility index (Phi) is 6.11. The summed E-state index contributed by atoms with van der Waals surface area (Å²) < 4.78 is 28.5. The predicted molar refractivity (Wildman–Crippen MR) is 119 cm³/mol. The zero-order valence-corrected chi connectivity index (χ0v) is 18.0. The van der Waals surface area contributed by atoms with Crippen molar-refractivity contribution in [3.63, 3.8) is 0 Å². The van der Waals surface area contributed by atoms with Crippen LogP contribution in [0.5, 0.6) is 0 Å². The normalized spacial score (nSPS) is 20.3. The van der Waals surface area contributed by atoms with E-state index in [-0.39, 0.29) is 0 Å². The van der Waals surface area contributed by atoms with Crippen molar-refractivity contribution in [3.05, 3.63) is 54.1 Å². The topological polar surface area (TPSA) is 52.7 Å². The number of hydrogen-bond acceptors (Lipinski definition) is 4. The van der Waals surface area contributed by atoms with Crippen LogP contribution in [0.1, 0.15) is 44.1 Å². The van der Waals surface area contributed by atoms with Crippen molar-refractivity contribution in [1.82, 2.24) is 4.90 Å². The van der Waals surface area contributed by atoms with E-state index in [1.807, 2.05) is 24.3 Å². The van der Waals surface area contributed by atoms with Gasteiger partial charge in [-0.2, -0.15) is 0 Å². The summed E-state index contributed by atoms with van der Waals surface area (Å²) in [7, 11) is -3.60. The molecule has 0 amide bonds. The summed E-state index contributed by atoms with van der Waals surface area (Å²) in [4.78, 5) is 5.07. The highest BCUT2D eigenvalue weighted by molar-refractivity contribution is 7.92. The maximum absolute atomic E-state index is 12.9. The molecule has 29 heavy (non-hydrogen) atoms. The SMILES string of the molecule is CCCN1CCC(c2ccc(NS(=O)(=O)c3cccc(N4CCCC4)c3)cc2)C1. The average Bonchev–Trinajstić information content (AvgIpc) is 3.41. The van der Waals surface area contributed by atoms with E-state index in [1.54, 1.807) is 12.1 Å². The number of nitrogens with zero attached hydrogens (tertiary/aromatic N) is 2. The quantitative estimate of drug-likeness (QED) is 0.736. The molecular formula is C23H31N3O2S. The number of hydrogen-bond donors (Lipinski definition) is 1. The summed E-state index contributed by atoms with van der Waals surface area (Å²) in [5.41, 5.74) is 2.89. The summed E-state index contributed by atoms with van der Waals surface area (Å²) in [6, 6.07) is 15.2. The first kappa shape index (κ1) is 20.2. The third kappa shape index (κ3) is 4.75. The van der Waals surface area contributed by atoms with Gasteiger partial charge in [0.25, 0.3) is 10.0 Å². The van der Waals surface area contributed by atoms with Crippen LogP contribution in [0.15, 0.2) is 53.4 Å². The molecule has 0 saturated carbocycles. The van der Waals surface area contributed by atoms with Gasteiger partial charge < -0.3 is 9.80 Å². The molecule has 0 aliphatic carbocycles. The van der Waals surface area contributed by atoms with E-state index in [0.29, 0.717) is 16.5 Å². The standard InChI is InChI=1S/C23H31N3O2S/c1-2-13-25-16-12-20(18-25)19-8-10-21(11-9-19)24-29(27,28)23-7-5-6-22(17-23)26-14-3-4-15-26/h5-11,17,20,24H,2-4,12-16,18H2,1H3. The van der Waals surface area contributed by atoms with Gasteiger partial charge in [-0.15, -0.1) is 0 Å². The first-order chi connectivity index (χ1) is 14.0. The third-order valence-corrected chi connectivity index (χ3v) is 7.42. The number of benzene rings is 2. The molecule has 4 rings (SSSR count). The van der Waals surface area contributed by atoms with Crippen LogP contribution in [0.4, 0.5) is 11.4 Å². The molecule has 1 atom stereocenters. The van der Waals surface area contributed by atoms with Crippen LogP contribution in [0.3, 0.4) is 0 Å². The van der Waals surface area contributed by atoms with Crippen LogP contribution in [-0.4, -0.2) is 46.0 Å². The van der Waals surface area contributed by atoms with Gasteiger partial charge in [0.15, 0.2) is 0 Å². The summed E-state index contributed by atoms with van der Waals surface area (Å²) in [6.45, 7) is 7.62. The van der Waals surface area contributed by atoms with Crippen LogP contribution in [-0.2, 0) is 10.0 Å². The van der Waals surface area contributed by atoms with Gasteiger partial charge in [-0.25, -0.2) is 8.42 Å². The van der Waals surface area contributed by atoms with E-state index >= 15 is 0 Å². The Labute approximate surface area is 174 Å². The van der Waals surface area contributed by atoms with Crippen LogP contribution in [0.25, 0.3) is 0 Å². The molecular weight excluding hydrogens is 382 g/mol. The average molecular weight is 414 g/mol. The van der Waals surface area contributed by atoms with Crippen LogP contribution in [0, 0.1) is 0 Å². The minimum absolute atomic E-state index is 0.317. The maximum Gasteiger partial charge on any atom is 0.261 e. The first-order valence-corrected chi connectivity index (χ1v) is 12.2. The van der Waals surface area contributed by atoms with Crippen molar-refractivity contribution in [2.24, 2.45) is 0 Å². The van der Waals surface area contributed by atoms with Gasteiger partial charge in [-0.3, -0.25) is 4.72 Å². The minimum atomic E-state index is -3.60. The Morgan fingerprint density at radius 1 is 1.03 bits per heavy atom. The maximum atomic E-state index is 12.9. The van der Waals surface area contributed by atoms with Crippen molar-refractivity contribution in [1.29, 1.82) is 0 Å². The summed E-state index contributed by atoms with van der Waals surface area (Å²) in [6.07, 6.45) is 4.69. The molecule has 6 heteroatoms. The highest BCUT2D eigenvalue weighted by atomic mass is 32.2. The fourth-order valence-electron chi connectivity index (χ4n) is 4.48. The van der Waals surface area contributed by atoms with E-state index in [1.165, 1.54) is 31.2 Å². The van der Waals surface area contributed by atoms with Crippen LogP contribution >= 0.6 is 0 Å². The number of rotatable bonds is 7. The molecule has 156 valence electrons. The van der Waals surface area contributed by atoms with E-state index in [9.17, 15) is 8.42 Å². The highest BCUT2D eigenvalue weighted by Crippen LogP contribution is 2.29. The zero-order chi connectivity index (χ0) is 20.3. The molecule has 1 unspecified atom stereocenters. The molecule has 0 aromatic heterocycles. The first-order valence-electron chi connectivity index (χ1n) is 10.8. The molecule has 2 heterocycles. The molecule has 2 aliphatic heterocycles. The van der Waals surface area contributed by atoms with Gasteiger partial charge >= 0.3 is 0 Å². The molecule has 2 aromatic carbocycles. The number of nitrogens with one attached hydrogen (secondary N) is 1. The van der Waals surface area contributed by atoms with Crippen LogP contribution < -0.4 is 9.62 Å². The van der Waals surface area contributed by atoms with Gasteiger partial charge in [-0.05, 0) is 80.6 Å². The highest BCUT2D eigenvalue weighted by Gasteiger charge is 2.23. The van der Waals surface area contributed by atoms with E-state index < -0.39 is 10.0 Å². The van der Waals surface area contributed by atoms with Crippen molar-refractivity contribution in [2.45, 2.75) is 43.4 Å². The second-order valence-electron chi connectivity index (χ2n) is 8.21. The largest absolute Gasteiger partial charge is 0.371 e. The third-order valence-electron chi connectivity index (χ3n) is 6.05. The van der Waals surface area contributed by atoms with Gasteiger partial charge in [-0.1, -0.05) is 25.1 Å². The smallest absolute Gasteiger partial charge is 0.261 e. The van der Waals surface area contributed by atoms with E-state index in [4.69, 9.17) is 0 Å². The van der Waals surface area contributed by atoms with Gasteiger partial charge in [0.1, 0.15) is 0 Å². The molecule has 5 nitrogen and oxygen atoms in total. The van der Waals surface area contributed by atoms with Crippen molar-refractivity contribution in [2.75, 3.05) is 42.3 Å². The van der Waals surface area contributed by atoms with Gasteiger partial charge in [0, 0.05) is 31.0 Å². The molecule has 1 N–H and O–H groups in total. The summed E-state index contributed by atoms with van der Waals surface area (Å²) >= 11 is 0. The lowest BCUT2D eigenvalue weighted by molar-refractivity contribution is 0.335. The van der Waals surface area contributed by atoms with Gasteiger partial charge in [0.05, 0.1) is 4.90 Å². The molecule has 0 radical (unpaired) electrons. The minimum Gasteiger partial charge on any atom is -0.371 e. The predicted octanol–water partition coefficient (Wildman–Crippen LogP) is 4.29. The molecule has 2 fully saturated rings. The molecule has 2 aromatic rings. The lowest BCUT2D eigenvalue weighted by Crippen LogP contribution is -2.20. The summed E-state index contributed by atoms with van der Waals surface area (Å²) in [5.74, 6) is 0.546. The Morgan fingerprint density at radius 2 is 1.79 bits per heavy atom. The van der Waals surface area contributed by atoms with Crippen LogP contribution in [0.2, 0.25) is 0 Å². The second kappa shape index (κ2) is 8.76. The summed E-state index contributed by atoms with van der Waals surface area (Å²) in [5, 5.41) is 0. The second-order valence-corrected chi connectivity index (χ2v) is 9.89. The molecule has 0 spiro atoms. The number of anilines is 2. The van der Waals surface area contributed by atoms with Crippen molar-refractivity contribution >= 4 is 21.4 Å². The van der Waals surface area contributed by atoms with E-state index in [0.717, 1.165) is 38.4 Å². The van der Waals surface area contributed by atoms with Crippen molar-refractivity contribution in [3.8, 4) is 0 Å². The Balaban J connectivity index is 1.44. The van der Waals surface area contributed by atoms with E-state index in [2.05, 4.69) is 33.6 Å².